The van der Waals surface area contributed by atoms with Gasteiger partial charge in [-0.15, -0.1) is 0 Å². The molecule has 0 bridgehead atoms. The van der Waals surface area contributed by atoms with Gasteiger partial charge in [0, 0.05) is 18.3 Å². The van der Waals surface area contributed by atoms with Crippen LogP contribution in [0.4, 0.5) is 8.78 Å². The highest BCUT2D eigenvalue weighted by atomic mass is 19.3. The van der Waals surface area contributed by atoms with Crippen molar-refractivity contribution in [2.24, 2.45) is 0 Å². The summed E-state index contributed by atoms with van der Waals surface area (Å²) in [6.07, 6.45) is 1.48. The Morgan fingerprint density at radius 1 is 1.25 bits per heavy atom. The summed E-state index contributed by atoms with van der Waals surface area (Å²) in [5, 5.41) is 6.57. The summed E-state index contributed by atoms with van der Waals surface area (Å²) in [6, 6.07) is 7.70. The number of benzene rings is 1. The Morgan fingerprint density at radius 2 is 2.00 bits per heavy atom. The number of hydrogen-bond donors (Lipinski definition) is 1. The summed E-state index contributed by atoms with van der Waals surface area (Å²) < 4.78 is 33.4. The van der Waals surface area contributed by atoms with Crippen molar-refractivity contribution in [2.75, 3.05) is 0 Å². The maximum atomic E-state index is 12.0. The Morgan fingerprint density at radius 3 is 2.55 bits per heavy atom. The van der Waals surface area contributed by atoms with Gasteiger partial charge in [0.2, 0.25) is 0 Å². The van der Waals surface area contributed by atoms with Gasteiger partial charge in [-0.3, -0.25) is 9.89 Å². The Bertz CT molecular complexity index is 529. The van der Waals surface area contributed by atoms with Crippen LogP contribution in [-0.4, -0.2) is 23.3 Å². The van der Waals surface area contributed by atoms with E-state index in [2.05, 4.69) is 14.9 Å². The van der Waals surface area contributed by atoms with Crippen LogP contribution < -0.4 is 4.74 Å². The quantitative estimate of drug-likeness (QED) is 0.792. The average Bonchev–Trinajstić information content (AvgIpc) is 2.91. The van der Waals surface area contributed by atoms with Gasteiger partial charge in [-0.05, 0) is 23.8 Å². The average molecular weight is 282 g/mol. The van der Waals surface area contributed by atoms with Crippen LogP contribution in [0.1, 0.15) is 17.4 Å². The number of carbonyl (C=O) groups excluding carboxylic acids is 1. The molecular formula is C13H12F2N2O3. The molecule has 0 radical (unpaired) electrons. The first-order valence-electron chi connectivity index (χ1n) is 5.81. The minimum atomic E-state index is -2.87. The monoisotopic (exact) mass is 282 g/mol. The molecule has 0 saturated heterocycles. The minimum Gasteiger partial charge on any atom is -0.459 e. The van der Waals surface area contributed by atoms with E-state index in [1.807, 2.05) is 0 Å². The summed E-state index contributed by atoms with van der Waals surface area (Å²) in [7, 11) is 0. The van der Waals surface area contributed by atoms with Gasteiger partial charge in [-0.1, -0.05) is 12.1 Å². The Hall–Kier alpha value is -2.44. The first-order chi connectivity index (χ1) is 9.69. The molecule has 5 nitrogen and oxygen atoms in total. The van der Waals surface area contributed by atoms with Gasteiger partial charge in [0.15, 0.2) is 0 Å². The van der Waals surface area contributed by atoms with Gasteiger partial charge in [0.05, 0.1) is 0 Å². The molecule has 2 rings (SSSR count). The van der Waals surface area contributed by atoms with Gasteiger partial charge in [-0.2, -0.15) is 13.9 Å². The minimum absolute atomic E-state index is 0.0511. The van der Waals surface area contributed by atoms with E-state index in [-0.39, 0.29) is 5.75 Å². The molecule has 1 unspecified atom stereocenters. The molecule has 2 aromatic rings. The predicted molar refractivity (Wildman–Crippen MR) is 65.3 cm³/mol. The molecule has 1 aromatic heterocycles. The number of carbonyl (C=O) groups is 1. The molecule has 20 heavy (non-hydrogen) atoms. The maximum Gasteiger partial charge on any atom is 0.387 e. The molecule has 1 N–H and O–H groups in total. The van der Waals surface area contributed by atoms with Crippen molar-refractivity contribution in [2.45, 2.75) is 19.1 Å². The molecule has 1 heterocycles. The summed E-state index contributed by atoms with van der Waals surface area (Å²) in [4.78, 5) is 10.6. The molecule has 0 amide bonds. The number of nitrogens with one attached hydrogen (secondary N) is 1. The lowest BCUT2D eigenvalue weighted by atomic mass is 10.0. The highest BCUT2D eigenvalue weighted by molar-refractivity contribution is 5.39. The highest BCUT2D eigenvalue weighted by Gasteiger charge is 2.15. The van der Waals surface area contributed by atoms with Gasteiger partial charge in [0.1, 0.15) is 11.9 Å². The van der Waals surface area contributed by atoms with Crippen molar-refractivity contribution in [3.63, 3.8) is 0 Å². The Labute approximate surface area is 113 Å². The predicted octanol–water partition coefficient (Wildman–Crippen LogP) is 2.47. The maximum absolute atomic E-state index is 12.0. The first kappa shape index (κ1) is 14.0. The fraction of sp³-hybridized carbons (Fsp3) is 0.231. The molecule has 1 atom stereocenters. The lowest BCUT2D eigenvalue weighted by Gasteiger charge is -2.15. The van der Waals surface area contributed by atoms with Gasteiger partial charge in [0.25, 0.3) is 6.47 Å². The van der Waals surface area contributed by atoms with Crippen molar-refractivity contribution in [3.8, 4) is 5.75 Å². The SMILES string of the molecule is O=COC(Cc1ccn[nH]1)c1ccc(OC(F)F)cc1. The van der Waals surface area contributed by atoms with E-state index in [9.17, 15) is 13.6 Å². The second kappa shape index (κ2) is 6.65. The second-order valence-corrected chi connectivity index (χ2v) is 3.95. The number of aromatic nitrogens is 2. The van der Waals surface area contributed by atoms with Gasteiger partial charge < -0.3 is 9.47 Å². The van der Waals surface area contributed by atoms with E-state index in [0.29, 0.717) is 18.5 Å². The van der Waals surface area contributed by atoms with Crippen molar-refractivity contribution >= 4 is 6.47 Å². The molecule has 1 aromatic carbocycles. The summed E-state index contributed by atoms with van der Waals surface area (Å²) in [5.41, 5.74) is 1.47. The van der Waals surface area contributed by atoms with Crippen LogP contribution >= 0.6 is 0 Å². The molecule has 7 heteroatoms. The largest absolute Gasteiger partial charge is 0.459 e. The van der Waals surface area contributed by atoms with E-state index < -0.39 is 12.7 Å². The zero-order valence-corrected chi connectivity index (χ0v) is 10.3. The molecular weight excluding hydrogens is 270 g/mol. The summed E-state index contributed by atoms with van der Waals surface area (Å²) in [6.45, 7) is -2.52. The van der Waals surface area contributed by atoms with Gasteiger partial charge in [-0.25, -0.2) is 0 Å². The van der Waals surface area contributed by atoms with E-state index in [0.717, 1.165) is 5.69 Å². The van der Waals surface area contributed by atoms with E-state index in [1.165, 1.54) is 12.1 Å². The standard InChI is InChI=1S/C13H12F2N2O3/c14-13(15)20-11-3-1-9(2-4-11)12(19-8-18)7-10-5-6-16-17-10/h1-6,8,12-13H,7H2,(H,16,17). The van der Waals surface area contributed by atoms with E-state index in [1.54, 1.807) is 24.4 Å². The second-order valence-electron chi connectivity index (χ2n) is 3.95. The van der Waals surface area contributed by atoms with Crippen LogP contribution in [0.25, 0.3) is 0 Å². The molecule has 0 aliphatic carbocycles. The van der Waals surface area contributed by atoms with Crippen molar-refractivity contribution < 1.29 is 23.0 Å². The summed E-state index contributed by atoms with van der Waals surface area (Å²) >= 11 is 0. The molecule has 0 aliphatic rings. The van der Waals surface area contributed by atoms with Crippen LogP contribution in [0.2, 0.25) is 0 Å². The van der Waals surface area contributed by atoms with Gasteiger partial charge >= 0.3 is 6.61 Å². The normalized spacial score (nSPS) is 12.2. The topological polar surface area (TPSA) is 64.2 Å². The summed E-state index contributed by atoms with van der Waals surface area (Å²) in [5.74, 6) is 0.0511. The van der Waals surface area contributed by atoms with Crippen molar-refractivity contribution in [3.05, 3.63) is 47.8 Å². The van der Waals surface area contributed by atoms with Crippen LogP contribution in [0.5, 0.6) is 5.75 Å². The van der Waals surface area contributed by atoms with Crippen LogP contribution in [0.15, 0.2) is 36.5 Å². The smallest absolute Gasteiger partial charge is 0.387 e. The van der Waals surface area contributed by atoms with E-state index >= 15 is 0 Å². The van der Waals surface area contributed by atoms with Crippen LogP contribution in [0.3, 0.4) is 0 Å². The van der Waals surface area contributed by atoms with Crippen LogP contribution in [-0.2, 0) is 16.0 Å². The number of rotatable bonds is 7. The lowest BCUT2D eigenvalue weighted by Crippen LogP contribution is -2.08. The molecule has 0 fully saturated rings. The molecule has 0 spiro atoms. The van der Waals surface area contributed by atoms with E-state index in [4.69, 9.17) is 4.74 Å². The lowest BCUT2D eigenvalue weighted by molar-refractivity contribution is -0.133. The first-order valence-corrected chi connectivity index (χ1v) is 5.81. The fourth-order valence-electron chi connectivity index (χ4n) is 1.77. The van der Waals surface area contributed by atoms with Crippen molar-refractivity contribution in [1.82, 2.24) is 10.2 Å². The zero-order chi connectivity index (χ0) is 14.4. The highest BCUT2D eigenvalue weighted by Crippen LogP contribution is 2.24. The third-order valence-corrected chi connectivity index (χ3v) is 2.66. The molecule has 0 saturated carbocycles. The Kier molecular flexibility index (Phi) is 4.65. The number of nitrogens with zero attached hydrogens (tertiary/aromatic N) is 1. The molecule has 106 valence electrons. The number of ether oxygens (including phenoxy) is 2. The number of hydrogen-bond acceptors (Lipinski definition) is 4. The molecule has 0 aliphatic heterocycles. The Balaban J connectivity index is 2.10. The number of halogens is 2. The van der Waals surface area contributed by atoms with Crippen LogP contribution in [0, 0.1) is 0 Å². The number of H-pyrrole nitrogens is 1. The van der Waals surface area contributed by atoms with Crippen molar-refractivity contribution in [1.29, 1.82) is 0 Å². The zero-order valence-electron chi connectivity index (χ0n) is 10.3. The fourth-order valence-corrected chi connectivity index (χ4v) is 1.77. The third-order valence-electron chi connectivity index (χ3n) is 2.66. The third kappa shape index (κ3) is 3.78. The number of aromatic amines is 1. The number of alkyl halides is 2.